The Morgan fingerprint density at radius 3 is 1.26 bits per heavy atom. The van der Waals surface area contributed by atoms with Gasteiger partial charge in [-0.3, -0.25) is 0 Å². The Balaban J connectivity index is 1.20. The molecule has 0 atom stereocenters. The van der Waals surface area contributed by atoms with Gasteiger partial charge in [-0.2, -0.15) is 0 Å². The van der Waals surface area contributed by atoms with E-state index < -0.39 is 0 Å². The number of fused-ring (bicyclic) bond motifs is 3. The highest BCUT2D eigenvalue weighted by molar-refractivity contribution is 7.26. The third kappa shape index (κ3) is 6.87. The SMILES string of the molecule is c1ccc(-c2cc(-c3ccccc3)cc(N(c3ccccc3-c3ccccc3-c3ccccc3-c3ccccc3)c3ccccc3-c3cccc4c3sc3ccccc34)c2)cc1. The lowest BCUT2D eigenvalue weighted by Crippen LogP contribution is -2.13. The molecule has 2 heteroatoms. The second kappa shape index (κ2) is 16.3. The summed E-state index contributed by atoms with van der Waals surface area (Å²) in [6.07, 6.45) is 0. The quantitative estimate of drug-likeness (QED) is 0.140. The molecule has 0 saturated heterocycles. The summed E-state index contributed by atoms with van der Waals surface area (Å²) in [7, 11) is 0. The van der Waals surface area contributed by atoms with Crippen LogP contribution >= 0.6 is 11.3 Å². The zero-order chi connectivity index (χ0) is 41.2. The molecule has 1 aromatic heterocycles. The molecule has 0 fully saturated rings. The first kappa shape index (κ1) is 37.2. The molecule has 0 N–H and O–H groups in total. The van der Waals surface area contributed by atoms with Gasteiger partial charge in [0.15, 0.2) is 0 Å². The number of anilines is 3. The fourth-order valence-corrected chi connectivity index (χ4v) is 10.3. The van der Waals surface area contributed by atoms with Crippen LogP contribution in [0, 0.1) is 0 Å². The van der Waals surface area contributed by atoms with E-state index in [4.69, 9.17) is 0 Å². The van der Waals surface area contributed by atoms with Crippen LogP contribution in [0.25, 0.3) is 86.9 Å². The number of benzene rings is 10. The molecule has 0 aliphatic rings. The van der Waals surface area contributed by atoms with E-state index in [0.29, 0.717) is 0 Å². The highest BCUT2D eigenvalue weighted by atomic mass is 32.1. The van der Waals surface area contributed by atoms with Crippen LogP contribution in [-0.2, 0) is 0 Å². The number of rotatable bonds is 9. The molecule has 0 spiro atoms. The van der Waals surface area contributed by atoms with Crippen LogP contribution in [0.4, 0.5) is 17.1 Å². The predicted octanol–water partition coefficient (Wildman–Crippen LogP) is 17.5. The van der Waals surface area contributed by atoms with Gasteiger partial charge >= 0.3 is 0 Å². The Kier molecular flexibility index (Phi) is 9.82. The van der Waals surface area contributed by atoms with Gasteiger partial charge < -0.3 is 4.90 Å². The van der Waals surface area contributed by atoms with Gasteiger partial charge in [-0.1, -0.05) is 212 Å². The Hall–Kier alpha value is -7.78. The molecule has 0 aliphatic carbocycles. The van der Waals surface area contributed by atoms with E-state index in [1.165, 1.54) is 70.2 Å². The standard InChI is InChI=1S/C60H41NS/c1-4-21-42(22-5-1)45-39-46(43-23-6-2-7-24-43)41-47(40-45)61(58-37-18-15-32-53(58)55-34-20-35-56-54-33-16-19-38-59(54)62-60(55)56)57-36-17-14-31-52(57)51-30-13-12-29-50(51)49-28-11-10-27-48(49)44-25-8-3-9-26-44/h1-41H. The topological polar surface area (TPSA) is 3.24 Å². The number of para-hydroxylation sites is 2. The van der Waals surface area contributed by atoms with Gasteiger partial charge in [-0.05, 0) is 86.5 Å². The lowest BCUT2D eigenvalue weighted by Gasteiger charge is -2.31. The van der Waals surface area contributed by atoms with E-state index in [0.717, 1.165) is 33.8 Å². The summed E-state index contributed by atoms with van der Waals surface area (Å²) in [6, 6.07) is 90.5. The monoisotopic (exact) mass is 807 g/mol. The van der Waals surface area contributed by atoms with E-state index >= 15 is 0 Å². The summed E-state index contributed by atoms with van der Waals surface area (Å²) >= 11 is 1.88. The fraction of sp³-hybridized carbons (Fsp3) is 0. The predicted molar refractivity (Wildman–Crippen MR) is 267 cm³/mol. The maximum atomic E-state index is 2.51. The van der Waals surface area contributed by atoms with Crippen LogP contribution < -0.4 is 4.90 Å². The molecular formula is C60H41NS. The fourth-order valence-electron chi connectivity index (χ4n) is 9.04. The van der Waals surface area contributed by atoms with Crippen LogP contribution in [0.15, 0.2) is 249 Å². The van der Waals surface area contributed by atoms with Crippen LogP contribution in [0.3, 0.4) is 0 Å². The summed E-state index contributed by atoms with van der Waals surface area (Å²) in [5, 5.41) is 2.58. The smallest absolute Gasteiger partial charge is 0.0540 e. The van der Waals surface area contributed by atoms with E-state index in [2.05, 4.69) is 254 Å². The number of hydrogen-bond acceptors (Lipinski definition) is 2. The molecule has 1 nitrogen and oxygen atoms in total. The van der Waals surface area contributed by atoms with Gasteiger partial charge in [0, 0.05) is 42.6 Å². The summed E-state index contributed by atoms with van der Waals surface area (Å²) < 4.78 is 2.59. The van der Waals surface area contributed by atoms with Gasteiger partial charge in [0.2, 0.25) is 0 Å². The molecular weight excluding hydrogens is 767 g/mol. The molecule has 0 saturated carbocycles. The molecule has 11 aromatic rings. The Morgan fingerprint density at radius 2 is 0.661 bits per heavy atom. The summed E-state index contributed by atoms with van der Waals surface area (Å²) in [4.78, 5) is 2.51. The normalized spacial score (nSPS) is 11.2. The van der Waals surface area contributed by atoms with Crippen molar-refractivity contribution in [1.82, 2.24) is 0 Å². The van der Waals surface area contributed by atoms with Crippen molar-refractivity contribution >= 4 is 48.6 Å². The summed E-state index contributed by atoms with van der Waals surface area (Å²) in [5.41, 5.74) is 17.4. The molecule has 0 radical (unpaired) electrons. The van der Waals surface area contributed by atoms with Crippen molar-refractivity contribution < 1.29 is 0 Å². The molecule has 62 heavy (non-hydrogen) atoms. The van der Waals surface area contributed by atoms with E-state index in [-0.39, 0.29) is 0 Å². The van der Waals surface area contributed by atoms with Crippen LogP contribution in [-0.4, -0.2) is 0 Å². The first-order valence-electron chi connectivity index (χ1n) is 21.2. The zero-order valence-corrected chi connectivity index (χ0v) is 34.8. The average molecular weight is 808 g/mol. The largest absolute Gasteiger partial charge is 0.309 e. The molecule has 10 aromatic carbocycles. The Bertz CT molecular complexity index is 3290. The summed E-state index contributed by atoms with van der Waals surface area (Å²) in [6.45, 7) is 0. The highest BCUT2D eigenvalue weighted by Gasteiger charge is 2.24. The third-order valence-corrected chi connectivity index (χ3v) is 13.1. The minimum atomic E-state index is 1.08. The molecule has 0 aliphatic heterocycles. The molecule has 1 heterocycles. The second-order valence-corrected chi connectivity index (χ2v) is 16.7. The second-order valence-electron chi connectivity index (χ2n) is 15.6. The summed E-state index contributed by atoms with van der Waals surface area (Å²) in [5.74, 6) is 0. The lowest BCUT2D eigenvalue weighted by atomic mass is 9.88. The van der Waals surface area contributed by atoms with Gasteiger partial charge in [0.25, 0.3) is 0 Å². The van der Waals surface area contributed by atoms with E-state index in [1.54, 1.807) is 0 Å². The lowest BCUT2D eigenvalue weighted by molar-refractivity contribution is 1.28. The van der Waals surface area contributed by atoms with Crippen LogP contribution in [0.5, 0.6) is 0 Å². The van der Waals surface area contributed by atoms with Crippen LogP contribution in [0.2, 0.25) is 0 Å². The number of nitrogens with zero attached hydrogens (tertiary/aromatic N) is 1. The van der Waals surface area contributed by atoms with Crippen molar-refractivity contribution in [2.24, 2.45) is 0 Å². The molecule has 292 valence electrons. The van der Waals surface area contributed by atoms with Crippen LogP contribution in [0.1, 0.15) is 0 Å². The Labute approximate surface area is 367 Å². The zero-order valence-electron chi connectivity index (χ0n) is 34.0. The van der Waals surface area contributed by atoms with E-state index in [1.807, 2.05) is 11.3 Å². The minimum absolute atomic E-state index is 1.08. The highest BCUT2D eigenvalue weighted by Crippen LogP contribution is 2.50. The van der Waals surface area contributed by atoms with Crippen molar-refractivity contribution in [3.8, 4) is 66.8 Å². The van der Waals surface area contributed by atoms with Crippen molar-refractivity contribution in [3.63, 3.8) is 0 Å². The maximum Gasteiger partial charge on any atom is 0.0540 e. The van der Waals surface area contributed by atoms with Crippen molar-refractivity contribution in [1.29, 1.82) is 0 Å². The van der Waals surface area contributed by atoms with Crippen molar-refractivity contribution in [3.05, 3.63) is 249 Å². The van der Waals surface area contributed by atoms with Crippen molar-refractivity contribution in [2.75, 3.05) is 4.90 Å². The Morgan fingerprint density at radius 1 is 0.258 bits per heavy atom. The number of hydrogen-bond donors (Lipinski definition) is 0. The molecule has 0 bridgehead atoms. The first-order valence-corrected chi connectivity index (χ1v) is 22.0. The number of thiophene rings is 1. The van der Waals surface area contributed by atoms with Gasteiger partial charge in [-0.25, -0.2) is 0 Å². The van der Waals surface area contributed by atoms with E-state index in [9.17, 15) is 0 Å². The average Bonchev–Trinajstić information content (AvgIpc) is 3.74. The molecule has 0 unspecified atom stereocenters. The van der Waals surface area contributed by atoms with Gasteiger partial charge in [0.1, 0.15) is 0 Å². The minimum Gasteiger partial charge on any atom is -0.309 e. The van der Waals surface area contributed by atoms with Gasteiger partial charge in [-0.15, -0.1) is 11.3 Å². The maximum absolute atomic E-state index is 2.51. The molecule has 0 amide bonds. The first-order chi connectivity index (χ1) is 30.8. The van der Waals surface area contributed by atoms with Gasteiger partial charge in [0.05, 0.1) is 11.4 Å². The van der Waals surface area contributed by atoms with Crippen molar-refractivity contribution in [2.45, 2.75) is 0 Å². The molecule has 11 rings (SSSR count). The third-order valence-electron chi connectivity index (χ3n) is 11.9.